The molecule has 1 aliphatic heterocycles. The Labute approximate surface area is 196 Å². The molecule has 0 spiro atoms. The maximum atomic E-state index is 13.4. The fourth-order valence-electron chi connectivity index (χ4n) is 4.78. The van der Waals surface area contributed by atoms with Crippen LogP contribution in [0, 0.1) is 11.8 Å². The molecule has 34 heavy (non-hydrogen) atoms. The Morgan fingerprint density at radius 2 is 1.94 bits per heavy atom. The van der Waals surface area contributed by atoms with Crippen LogP contribution in [0.15, 0.2) is 66.5 Å². The summed E-state index contributed by atoms with van der Waals surface area (Å²) in [4.78, 5) is 27.1. The van der Waals surface area contributed by atoms with Crippen LogP contribution in [-0.4, -0.2) is 23.6 Å². The lowest BCUT2D eigenvalue weighted by Crippen LogP contribution is -2.28. The Morgan fingerprint density at radius 3 is 2.65 bits per heavy atom. The number of methoxy groups -OCH3 is 1. The van der Waals surface area contributed by atoms with E-state index < -0.39 is 11.7 Å². The second-order valence-electron chi connectivity index (χ2n) is 8.77. The van der Waals surface area contributed by atoms with Crippen molar-refractivity contribution < 1.29 is 27.5 Å². The zero-order valence-electron chi connectivity index (χ0n) is 19.1. The van der Waals surface area contributed by atoms with Crippen molar-refractivity contribution >= 4 is 11.6 Å². The van der Waals surface area contributed by atoms with Gasteiger partial charge in [-0.3, -0.25) is 9.59 Å². The highest BCUT2D eigenvalue weighted by molar-refractivity contribution is 6.00. The number of fused-ring (bicyclic) bond motifs is 1. The summed E-state index contributed by atoms with van der Waals surface area (Å²) >= 11 is 0. The number of rotatable bonds is 6. The highest BCUT2D eigenvalue weighted by atomic mass is 19.4. The summed E-state index contributed by atoms with van der Waals surface area (Å²) < 4.78 is 45.4. The maximum absolute atomic E-state index is 13.4. The Bertz CT molecular complexity index is 1170. The monoisotopic (exact) mass is 469 g/mol. The fourth-order valence-corrected chi connectivity index (χ4v) is 4.78. The Hall–Kier alpha value is -3.35. The number of halogens is 3. The van der Waals surface area contributed by atoms with Gasteiger partial charge >= 0.3 is 6.18 Å². The van der Waals surface area contributed by atoms with Crippen LogP contribution in [0.25, 0.3) is 0 Å². The molecule has 1 aliphatic carbocycles. The van der Waals surface area contributed by atoms with Crippen molar-refractivity contribution in [1.82, 2.24) is 4.90 Å². The second kappa shape index (κ2) is 9.49. The van der Waals surface area contributed by atoms with Crippen molar-refractivity contribution in [3.8, 4) is 5.75 Å². The molecule has 2 aromatic carbocycles. The summed E-state index contributed by atoms with van der Waals surface area (Å²) in [6, 6.07) is 10.9. The minimum Gasteiger partial charge on any atom is -0.497 e. The number of alkyl halides is 3. The summed E-state index contributed by atoms with van der Waals surface area (Å²) in [7, 11) is 1.59. The molecule has 178 valence electrons. The van der Waals surface area contributed by atoms with Crippen LogP contribution in [0.5, 0.6) is 5.75 Å². The first-order valence-electron chi connectivity index (χ1n) is 11.2. The number of hydrogen-bond acceptors (Lipinski definition) is 4. The third-order valence-electron chi connectivity index (χ3n) is 6.55. The second-order valence-corrected chi connectivity index (χ2v) is 8.77. The van der Waals surface area contributed by atoms with Gasteiger partial charge in [0, 0.05) is 41.9 Å². The van der Waals surface area contributed by atoms with E-state index in [0.717, 1.165) is 18.1 Å². The number of aryl methyl sites for hydroxylation is 1. The zero-order valence-corrected chi connectivity index (χ0v) is 19.1. The third kappa shape index (κ3) is 4.93. The normalized spacial score (nSPS) is 20.1. The minimum atomic E-state index is -4.45. The van der Waals surface area contributed by atoms with E-state index in [1.165, 1.54) is 19.1 Å². The van der Waals surface area contributed by atoms with Gasteiger partial charge in [-0.25, -0.2) is 0 Å². The number of carbonyl (C=O) groups is 2. The van der Waals surface area contributed by atoms with E-state index in [0.29, 0.717) is 29.7 Å². The SMILES string of the molecule is COc1ccc2c(c1)CCC(CC1C=CN(Cc3ccccc3C(F)(F)F)C=C1C(C)=O)C2=O. The number of ketones is 2. The molecule has 0 saturated carbocycles. The van der Waals surface area contributed by atoms with Crippen LogP contribution in [0.4, 0.5) is 13.2 Å². The smallest absolute Gasteiger partial charge is 0.416 e. The lowest BCUT2D eigenvalue weighted by Gasteiger charge is -2.30. The van der Waals surface area contributed by atoms with Crippen molar-refractivity contribution in [2.75, 3.05) is 7.11 Å². The van der Waals surface area contributed by atoms with Crippen LogP contribution >= 0.6 is 0 Å². The van der Waals surface area contributed by atoms with Gasteiger partial charge in [0.05, 0.1) is 12.7 Å². The molecular formula is C27H26F3NO3. The molecule has 2 aromatic rings. The Balaban J connectivity index is 1.51. The molecule has 0 amide bonds. The molecule has 0 saturated heterocycles. The van der Waals surface area contributed by atoms with E-state index in [1.807, 2.05) is 12.1 Å². The summed E-state index contributed by atoms with van der Waals surface area (Å²) in [6.07, 6.45) is 2.61. The molecule has 2 aliphatic rings. The Morgan fingerprint density at radius 1 is 1.18 bits per heavy atom. The number of Topliss-reactive ketones (excluding diaryl/α,β-unsaturated/α-hetero) is 2. The van der Waals surface area contributed by atoms with Crippen LogP contribution in [-0.2, 0) is 23.9 Å². The maximum Gasteiger partial charge on any atom is 0.416 e. The van der Waals surface area contributed by atoms with Crippen LogP contribution < -0.4 is 4.74 Å². The third-order valence-corrected chi connectivity index (χ3v) is 6.55. The predicted molar refractivity (Wildman–Crippen MR) is 122 cm³/mol. The molecule has 7 heteroatoms. The first kappa shape index (κ1) is 23.8. The van der Waals surface area contributed by atoms with E-state index in [-0.39, 0.29) is 35.5 Å². The molecule has 2 atom stereocenters. The van der Waals surface area contributed by atoms with Gasteiger partial charge in [0.25, 0.3) is 0 Å². The van der Waals surface area contributed by atoms with Crippen molar-refractivity contribution in [1.29, 1.82) is 0 Å². The van der Waals surface area contributed by atoms with Gasteiger partial charge in [-0.05, 0) is 61.6 Å². The highest BCUT2D eigenvalue weighted by Crippen LogP contribution is 2.36. The van der Waals surface area contributed by atoms with Gasteiger partial charge in [0.2, 0.25) is 0 Å². The molecule has 2 unspecified atom stereocenters. The van der Waals surface area contributed by atoms with Crippen LogP contribution in [0.1, 0.15) is 46.8 Å². The predicted octanol–water partition coefficient (Wildman–Crippen LogP) is 5.97. The van der Waals surface area contributed by atoms with Crippen molar-refractivity contribution in [2.24, 2.45) is 11.8 Å². The van der Waals surface area contributed by atoms with Crippen molar-refractivity contribution in [3.63, 3.8) is 0 Å². The van der Waals surface area contributed by atoms with Gasteiger partial charge < -0.3 is 9.64 Å². The van der Waals surface area contributed by atoms with Crippen molar-refractivity contribution in [2.45, 2.75) is 38.9 Å². The van der Waals surface area contributed by atoms with Crippen LogP contribution in [0.3, 0.4) is 0 Å². The van der Waals surface area contributed by atoms with E-state index in [9.17, 15) is 22.8 Å². The molecule has 4 rings (SSSR count). The molecular weight excluding hydrogens is 443 g/mol. The number of allylic oxidation sites excluding steroid dienone is 2. The molecule has 0 radical (unpaired) electrons. The quantitative estimate of drug-likeness (QED) is 0.523. The fraction of sp³-hybridized carbons (Fsp3) is 0.333. The standard InChI is InChI=1S/C27H26F3NO3/c1-17(32)24-16-31(15-21-5-3-4-6-25(21)27(28,29)30)12-11-19(24)13-20-8-7-18-14-22(34-2)9-10-23(18)26(20)33/h3-6,9-12,14,16,19-20H,7-8,13,15H2,1-2H3. The number of benzene rings is 2. The zero-order chi connectivity index (χ0) is 24.5. The summed E-state index contributed by atoms with van der Waals surface area (Å²) in [5.74, 6) is 0.129. The number of nitrogens with zero attached hydrogens (tertiary/aromatic N) is 1. The van der Waals surface area contributed by atoms with Gasteiger partial charge in [-0.15, -0.1) is 0 Å². The number of hydrogen-bond donors (Lipinski definition) is 0. The lowest BCUT2D eigenvalue weighted by atomic mass is 9.76. The van der Waals surface area contributed by atoms with E-state index >= 15 is 0 Å². The van der Waals surface area contributed by atoms with Crippen LogP contribution in [0.2, 0.25) is 0 Å². The molecule has 4 nitrogen and oxygen atoms in total. The largest absolute Gasteiger partial charge is 0.497 e. The van der Waals surface area contributed by atoms with Gasteiger partial charge in [-0.1, -0.05) is 24.3 Å². The van der Waals surface area contributed by atoms with E-state index in [1.54, 1.807) is 42.6 Å². The summed E-state index contributed by atoms with van der Waals surface area (Å²) in [6.45, 7) is 1.44. The van der Waals surface area contributed by atoms with Gasteiger partial charge in [0.1, 0.15) is 5.75 Å². The highest BCUT2D eigenvalue weighted by Gasteiger charge is 2.34. The first-order chi connectivity index (χ1) is 16.2. The van der Waals surface area contributed by atoms with E-state index in [2.05, 4.69) is 0 Å². The molecule has 0 fully saturated rings. The summed E-state index contributed by atoms with van der Waals surface area (Å²) in [5.41, 5.74) is 1.60. The van der Waals surface area contributed by atoms with Gasteiger partial charge in [-0.2, -0.15) is 13.2 Å². The molecule has 0 aromatic heterocycles. The molecule has 0 N–H and O–H groups in total. The summed E-state index contributed by atoms with van der Waals surface area (Å²) in [5, 5.41) is 0. The number of ether oxygens (including phenoxy) is 1. The van der Waals surface area contributed by atoms with E-state index in [4.69, 9.17) is 4.74 Å². The first-order valence-corrected chi connectivity index (χ1v) is 11.2. The average molecular weight is 470 g/mol. The lowest BCUT2D eigenvalue weighted by molar-refractivity contribution is -0.138. The minimum absolute atomic E-state index is 0.00670. The van der Waals surface area contributed by atoms with Gasteiger partial charge in [0.15, 0.2) is 11.6 Å². The Kier molecular flexibility index (Phi) is 6.64. The topological polar surface area (TPSA) is 46.6 Å². The van der Waals surface area contributed by atoms with Crippen molar-refractivity contribution in [3.05, 3.63) is 88.8 Å². The molecule has 1 heterocycles. The number of carbonyl (C=O) groups excluding carboxylic acids is 2. The molecule has 0 bridgehead atoms. The average Bonchev–Trinajstić information content (AvgIpc) is 2.81.